The molecule has 6 nitrogen and oxygen atoms in total. The van der Waals surface area contributed by atoms with Gasteiger partial charge in [0.1, 0.15) is 0 Å². The molecule has 0 aromatic rings. The Labute approximate surface area is 81.7 Å². The van der Waals surface area contributed by atoms with Gasteiger partial charge in [0.2, 0.25) is 0 Å². The SMILES string of the molecule is CN1CCN(CC(O)CO)C(=O)C1=O. The average molecular weight is 202 g/mol. The van der Waals surface area contributed by atoms with Gasteiger partial charge < -0.3 is 20.0 Å². The number of nitrogens with zero attached hydrogens (tertiary/aromatic N) is 2. The van der Waals surface area contributed by atoms with Crippen LogP contribution in [0.5, 0.6) is 0 Å². The molecule has 14 heavy (non-hydrogen) atoms. The largest absolute Gasteiger partial charge is 0.394 e. The molecule has 1 rings (SSSR count). The summed E-state index contributed by atoms with van der Waals surface area (Å²) < 4.78 is 0. The van der Waals surface area contributed by atoms with Crippen LogP contribution in [0.2, 0.25) is 0 Å². The monoisotopic (exact) mass is 202 g/mol. The third-order valence-corrected chi connectivity index (χ3v) is 2.16. The van der Waals surface area contributed by atoms with Gasteiger partial charge in [0.05, 0.1) is 12.7 Å². The lowest BCUT2D eigenvalue weighted by Gasteiger charge is -2.32. The average Bonchev–Trinajstić information content (AvgIpc) is 2.19. The smallest absolute Gasteiger partial charge is 0.312 e. The lowest BCUT2D eigenvalue weighted by atomic mass is 10.2. The summed E-state index contributed by atoms with van der Waals surface area (Å²) in [7, 11) is 1.56. The molecule has 1 aliphatic heterocycles. The zero-order chi connectivity index (χ0) is 10.7. The van der Waals surface area contributed by atoms with Gasteiger partial charge in [-0.15, -0.1) is 0 Å². The Bertz CT molecular complexity index is 243. The molecule has 1 atom stereocenters. The van der Waals surface area contributed by atoms with Gasteiger partial charge in [-0.25, -0.2) is 0 Å². The molecule has 0 radical (unpaired) electrons. The Morgan fingerprint density at radius 3 is 2.57 bits per heavy atom. The van der Waals surface area contributed by atoms with E-state index in [2.05, 4.69) is 0 Å². The number of piperazine rings is 1. The first kappa shape index (κ1) is 10.9. The van der Waals surface area contributed by atoms with E-state index in [0.29, 0.717) is 13.1 Å². The number of carbonyl (C=O) groups excluding carboxylic acids is 2. The molecule has 0 saturated carbocycles. The van der Waals surface area contributed by atoms with Crippen LogP contribution in [0.3, 0.4) is 0 Å². The highest BCUT2D eigenvalue weighted by molar-refractivity contribution is 6.35. The van der Waals surface area contributed by atoms with Gasteiger partial charge in [-0.3, -0.25) is 9.59 Å². The second-order valence-corrected chi connectivity index (χ2v) is 3.31. The molecule has 2 amide bonds. The Balaban J connectivity index is 2.55. The van der Waals surface area contributed by atoms with Crippen LogP contribution < -0.4 is 0 Å². The Hall–Kier alpha value is -1.14. The van der Waals surface area contributed by atoms with E-state index in [-0.39, 0.29) is 6.54 Å². The van der Waals surface area contributed by atoms with Gasteiger partial charge in [-0.05, 0) is 0 Å². The van der Waals surface area contributed by atoms with E-state index in [1.54, 1.807) is 7.05 Å². The number of hydrogen-bond acceptors (Lipinski definition) is 4. The summed E-state index contributed by atoms with van der Waals surface area (Å²) in [6.45, 7) is 0.462. The molecule has 2 N–H and O–H groups in total. The maximum absolute atomic E-state index is 11.3. The van der Waals surface area contributed by atoms with E-state index in [0.717, 1.165) is 0 Å². The second kappa shape index (κ2) is 4.39. The summed E-state index contributed by atoms with van der Waals surface area (Å²) in [4.78, 5) is 25.1. The van der Waals surface area contributed by atoms with Crippen LogP contribution in [0.25, 0.3) is 0 Å². The van der Waals surface area contributed by atoms with Crippen molar-refractivity contribution in [1.82, 2.24) is 9.80 Å². The predicted molar refractivity (Wildman–Crippen MR) is 47.3 cm³/mol. The molecule has 0 aromatic carbocycles. The highest BCUT2D eigenvalue weighted by Crippen LogP contribution is 2.03. The van der Waals surface area contributed by atoms with Gasteiger partial charge in [-0.1, -0.05) is 0 Å². The molecule has 1 heterocycles. The lowest BCUT2D eigenvalue weighted by molar-refractivity contribution is -0.156. The third kappa shape index (κ3) is 2.21. The standard InChI is InChI=1S/C8H14N2O4/c1-9-2-3-10(4-6(12)5-11)8(14)7(9)13/h6,11-12H,2-5H2,1H3. The lowest BCUT2D eigenvalue weighted by Crippen LogP contribution is -2.54. The van der Waals surface area contributed by atoms with E-state index in [9.17, 15) is 9.59 Å². The minimum Gasteiger partial charge on any atom is -0.394 e. The first-order chi connectivity index (χ1) is 6.56. The summed E-state index contributed by atoms with van der Waals surface area (Å²) in [6.07, 6.45) is -0.977. The molecule has 0 aliphatic carbocycles. The van der Waals surface area contributed by atoms with Crippen molar-refractivity contribution in [2.24, 2.45) is 0 Å². The van der Waals surface area contributed by atoms with Crippen molar-refractivity contribution in [2.75, 3.05) is 33.3 Å². The third-order valence-electron chi connectivity index (χ3n) is 2.16. The van der Waals surface area contributed by atoms with Crippen molar-refractivity contribution in [1.29, 1.82) is 0 Å². The first-order valence-corrected chi connectivity index (χ1v) is 4.39. The van der Waals surface area contributed by atoms with Crippen molar-refractivity contribution in [2.45, 2.75) is 6.10 Å². The summed E-state index contributed by atoms with van der Waals surface area (Å²) >= 11 is 0. The molecule has 1 unspecified atom stereocenters. The molecule has 6 heteroatoms. The molecule has 80 valence electrons. The number of likely N-dealkylation sites (N-methyl/N-ethyl adjacent to an activating group) is 1. The van der Waals surface area contributed by atoms with Crippen LogP contribution in [0.1, 0.15) is 0 Å². The number of β-amino-alcohol motifs (C(OH)–C–C–N with tert-alkyl or cyclic N) is 1. The minimum atomic E-state index is -0.977. The van der Waals surface area contributed by atoms with Gasteiger partial charge in [-0.2, -0.15) is 0 Å². The van der Waals surface area contributed by atoms with Gasteiger partial charge in [0.15, 0.2) is 0 Å². The molecule has 0 spiro atoms. The van der Waals surface area contributed by atoms with Crippen LogP contribution in [0.4, 0.5) is 0 Å². The number of hydrogen-bond donors (Lipinski definition) is 2. The second-order valence-electron chi connectivity index (χ2n) is 3.31. The van der Waals surface area contributed by atoms with Gasteiger partial charge >= 0.3 is 11.8 Å². The number of aliphatic hydroxyl groups is 2. The molecular formula is C8H14N2O4. The Morgan fingerprint density at radius 1 is 1.36 bits per heavy atom. The predicted octanol–water partition coefficient (Wildman–Crippen LogP) is -2.36. The number of carbonyl (C=O) groups is 2. The summed E-state index contributed by atoms with van der Waals surface area (Å²) in [5, 5.41) is 17.7. The van der Waals surface area contributed by atoms with Crippen LogP contribution in [-0.4, -0.2) is 71.2 Å². The maximum atomic E-state index is 11.3. The normalized spacial score (nSPS) is 20.2. The van der Waals surface area contributed by atoms with Gasteiger partial charge in [0, 0.05) is 26.7 Å². The number of aliphatic hydroxyl groups excluding tert-OH is 2. The first-order valence-electron chi connectivity index (χ1n) is 4.39. The fraction of sp³-hybridized carbons (Fsp3) is 0.750. The van der Waals surface area contributed by atoms with E-state index in [1.807, 2.05) is 0 Å². The zero-order valence-electron chi connectivity index (χ0n) is 8.01. The Kier molecular flexibility index (Phi) is 3.43. The molecule has 0 aromatic heterocycles. The quantitative estimate of drug-likeness (QED) is 0.502. The van der Waals surface area contributed by atoms with E-state index >= 15 is 0 Å². The molecular weight excluding hydrogens is 188 g/mol. The van der Waals surface area contributed by atoms with Crippen LogP contribution in [0, 0.1) is 0 Å². The maximum Gasteiger partial charge on any atom is 0.312 e. The zero-order valence-corrected chi connectivity index (χ0v) is 8.01. The highest BCUT2D eigenvalue weighted by atomic mass is 16.3. The fourth-order valence-electron chi connectivity index (χ4n) is 1.26. The van der Waals surface area contributed by atoms with Crippen molar-refractivity contribution in [3.63, 3.8) is 0 Å². The fourth-order valence-corrected chi connectivity index (χ4v) is 1.26. The molecule has 1 saturated heterocycles. The van der Waals surface area contributed by atoms with Crippen LogP contribution >= 0.6 is 0 Å². The topological polar surface area (TPSA) is 81.1 Å². The molecule has 1 fully saturated rings. The van der Waals surface area contributed by atoms with E-state index < -0.39 is 24.5 Å². The van der Waals surface area contributed by atoms with E-state index in [4.69, 9.17) is 10.2 Å². The van der Waals surface area contributed by atoms with Crippen molar-refractivity contribution < 1.29 is 19.8 Å². The summed E-state index contributed by atoms with van der Waals surface area (Å²) in [5.74, 6) is -1.19. The minimum absolute atomic E-state index is 0.00884. The Morgan fingerprint density at radius 2 is 2.00 bits per heavy atom. The van der Waals surface area contributed by atoms with Gasteiger partial charge in [0.25, 0.3) is 0 Å². The number of amides is 2. The van der Waals surface area contributed by atoms with Crippen LogP contribution in [-0.2, 0) is 9.59 Å². The van der Waals surface area contributed by atoms with E-state index in [1.165, 1.54) is 9.80 Å². The number of rotatable bonds is 3. The van der Waals surface area contributed by atoms with Crippen molar-refractivity contribution in [3.05, 3.63) is 0 Å². The van der Waals surface area contributed by atoms with Crippen LogP contribution in [0.15, 0.2) is 0 Å². The summed E-state index contributed by atoms with van der Waals surface area (Å²) in [6, 6.07) is 0. The summed E-state index contributed by atoms with van der Waals surface area (Å²) in [5.41, 5.74) is 0. The molecule has 1 aliphatic rings. The molecule has 0 bridgehead atoms. The highest BCUT2D eigenvalue weighted by Gasteiger charge is 2.30. The van der Waals surface area contributed by atoms with Crippen molar-refractivity contribution >= 4 is 11.8 Å². The van der Waals surface area contributed by atoms with Crippen molar-refractivity contribution in [3.8, 4) is 0 Å².